The van der Waals surface area contributed by atoms with Crippen LogP contribution in [0.2, 0.25) is 0 Å². The van der Waals surface area contributed by atoms with E-state index < -0.39 is 0 Å². The summed E-state index contributed by atoms with van der Waals surface area (Å²) in [5, 5.41) is 3.11. The van der Waals surface area contributed by atoms with Gasteiger partial charge in [-0.1, -0.05) is 0 Å². The van der Waals surface area contributed by atoms with Gasteiger partial charge in [-0.2, -0.15) is 0 Å². The lowest BCUT2D eigenvalue weighted by Crippen LogP contribution is -2.55. The van der Waals surface area contributed by atoms with Gasteiger partial charge >= 0.3 is 0 Å². The van der Waals surface area contributed by atoms with Crippen molar-refractivity contribution in [1.29, 1.82) is 0 Å². The van der Waals surface area contributed by atoms with Gasteiger partial charge in [0.25, 0.3) is 0 Å². The molecule has 0 radical (unpaired) electrons. The average Bonchev–Trinajstić information content (AvgIpc) is 2.86. The van der Waals surface area contributed by atoms with Gasteiger partial charge < -0.3 is 10.2 Å². The second kappa shape index (κ2) is 5.66. The zero-order valence-electron chi connectivity index (χ0n) is 12.3. The van der Waals surface area contributed by atoms with Gasteiger partial charge in [0.2, 0.25) is 0 Å². The van der Waals surface area contributed by atoms with Crippen LogP contribution < -0.4 is 10.2 Å². The molecule has 2 unspecified atom stereocenters. The molecule has 2 fully saturated rings. The van der Waals surface area contributed by atoms with Gasteiger partial charge in [0.1, 0.15) is 11.6 Å². The predicted octanol–water partition coefficient (Wildman–Crippen LogP) is 1.61. The molecule has 0 amide bonds. The van der Waals surface area contributed by atoms with Crippen molar-refractivity contribution in [3.8, 4) is 0 Å². The summed E-state index contributed by atoms with van der Waals surface area (Å²) < 4.78 is 13.4. The monoisotopic (exact) mass is 278 g/mol. The zero-order chi connectivity index (χ0) is 14.1. The van der Waals surface area contributed by atoms with E-state index in [1.807, 2.05) is 7.05 Å². The lowest BCUT2D eigenvalue weighted by Gasteiger charge is -2.43. The number of fused-ring (bicyclic) bond motifs is 1. The molecule has 0 aliphatic carbocycles. The van der Waals surface area contributed by atoms with Crippen LogP contribution in [0, 0.1) is 5.82 Å². The van der Waals surface area contributed by atoms with Crippen LogP contribution in [0.3, 0.4) is 0 Å². The first-order valence-electron chi connectivity index (χ1n) is 7.48. The Labute approximate surface area is 120 Å². The standard InChI is InChI=1S/C15H23FN4/c1-11-9-19-5-3-4-14(19)10-20(11)15-12(7-17-2)6-13(16)8-18-15/h6,8,11,14,17H,3-5,7,9-10H2,1-2H3. The summed E-state index contributed by atoms with van der Waals surface area (Å²) in [4.78, 5) is 9.32. The number of nitrogens with zero attached hydrogens (tertiary/aromatic N) is 3. The SMILES string of the molecule is CNCc1cc(F)cnc1N1CC2CCCN2CC1C. The minimum Gasteiger partial charge on any atom is -0.351 e. The molecule has 2 aliphatic rings. The van der Waals surface area contributed by atoms with Crippen LogP contribution in [0.1, 0.15) is 25.3 Å². The largest absolute Gasteiger partial charge is 0.351 e. The van der Waals surface area contributed by atoms with Crippen molar-refractivity contribution in [1.82, 2.24) is 15.2 Å². The van der Waals surface area contributed by atoms with E-state index in [1.54, 1.807) is 6.07 Å². The van der Waals surface area contributed by atoms with Crippen molar-refractivity contribution >= 4 is 5.82 Å². The first kappa shape index (κ1) is 13.8. The van der Waals surface area contributed by atoms with Gasteiger partial charge in [-0.05, 0) is 39.4 Å². The van der Waals surface area contributed by atoms with Gasteiger partial charge in [-0.25, -0.2) is 9.37 Å². The topological polar surface area (TPSA) is 31.4 Å². The molecule has 20 heavy (non-hydrogen) atoms. The van der Waals surface area contributed by atoms with Crippen LogP contribution in [0.25, 0.3) is 0 Å². The lowest BCUT2D eigenvalue weighted by atomic mass is 10.1. The average molecular weight is 278 g/mol. The minimum absolute atomic E-state index is 0.258. The van der Waals surface area contributed by atoms with E-state index in [2.05, 4.69) is 27.0 Å². The van der Waals surface area contributed by atoms with Gasteiger partial charge in [0, 0.05) is 37.3 Å². The van der Waals surface area contributed by atoms with E-state index in [0.717, 1.165) is 24.5 Å². The molecule has 1 aromatic rings. The maximum absolute atomic E-state index is 13.4. The highest BCUT2D eigenvalue weighted by Gasteiger charge is 2.35. The van der Waals surface area contributed by atoms with Gasteiger partial charge in [-0.3, -0.25) is 4.90 Å². The summed E-state index contributed by atoms with van der Waals surface area (Å²) in [6, 6.07) is 2.67. The van der Waals surface area contributed by atoms with Crippen LogP contribution in [0.5, 0.6) is 0 Å². The molecular weight excluding hydrogens is 255 g/mol. The summed E-state index contributed by atoms with van der Waals surface area (Å²) >= 11 is 0. The molecule has 0 spiro atoms. The lowest BCUT2D eigenvalue weighted by molar-refractivity contribution is 0.202. The van der Waals surface area contributed by atoms with Crippen LogP contribution in [0.4, 0.5) is 10.2 Å². The molecule has 3 rings (SSSR count). The Bertz CT molecular complexity index is 479. The molecular formula is C15H23FN4. The fourth-order valence-electron chi connectivity index (χ4n) is 3.54. The second-order valence-electron chi connectivity index (χ2n) is 5.96. The minimum atomic E-state index is -0.258. The highest BCUT2D eigenvalue weighted by molar-refractivity contribution is 5.48. The Morgan fingerprint density at radius 3 is 3.10 bits per heavy atom. The molecule has 110 valence electrons. The summed E-state index contributed by atoms with van der Waals surface area (Å²) in [6.45, 7) is 6.21. The van der Waals surface area contributed by atoms with Gasteiger partial charge in [-0.15, -0.1) is 0 Å². The Morgan fingerprint density at radius 2 is 2.30 bits per heavy atom. The van der Waals surface area contributed by atoms with Gasteiger partial charge in [0.15, 0.2) is 0 Å². The van der Waals surface area contributed by atoms with E-state index >= 15 is 0 Å². The summed E-state index contributed by atoms with van der Waals surface area (Å²) in [5.74, 6) is 0.686. The Balaban J connectivity index is 1.87. The Kier molecular flexibility index (Phi) is 3.89. The maximum atomic E-state index is 13.4. The number of aromatic nitrogens is 1. The van der Waals surface area contributed by atoms with E-state index in [9.17, 15) is 4.39 Å². The van der Waals surface area contributed by atoms with Crippen LogP contribution >= 0.6 is 0 Å². The van der Waals surface area contributed by atoms with E-state index in [0.29, 0.717) is 18.6 Å². The molecule has 2 aliphatic heterocycles. The number of rotatable bonds is 3. The molecule has 3 heterocycles. The zero-order valence-corrected chi connectivity index (χ0v) is 12.3. The Morgan fingerprint density at radius 1 is 1.45 bits per heavy atom. The number of nitrogens with one attached hydrogen (secondary N) is 1. The predicted molar refractivity (Wildman–Crippen MR) is 78.4 cm³/mol. The fraction of sp³-hybridized carbons (Fsp3) is 0.667. The highest BCUT2D eigenvalue weighted by Crippen LogP contribution is 2.29. The highest BCUT2D eigenvalue weighted by atomic mass is 19.1. The van der Waals surface area contributed by atoms with Crippen LogP contribution in [-0.4, -0.2) is 48.6 Å². The van der Waals surface area contributed by atoms with Crippen molar-refractivity contribution in [2.45, 2.75) is 38.4 Å². The van der Waals surface area contributed by atoms with E-state index in [-0.39, 0.29) is 5.82 Å². The van der Waals surface area contributed by atoms with E-state index in [4.69, 9.17) is 0 Å². The smallest absolute Gasteiger partial charge is 0.141 e. The first-order chi connectivity index (χ1) is 9.69. The maximum Gasteiger partial charge on any atom is 0.141 e. The molecule has 4 nitrogen and oxygen atoms in total. The number of anilines is 1. The first-order valence-corrected chi connectivity index (χ1v) is 7.48. The molecule has 2 saturated heterocycles. The molecule has 0 saturated carbocycles. The van der Waals surface area contributed by atoms with Crippen molar-refractivity contribution in [3.63, 3.8) is 0 Å². The molecule has 0 aromatic carbocycles. The molecule has 0 bridgehead atoms. The van der Waals surface area contributed by atoms with Crippen molar-refractivity contribution in [2.24, 2.45) is 0 Å². The summed E-state index contributed by atoms with van der Waals surface area (Å²) in [7, 11) is 1.88. The number of halogens is 1. The third-order valence-electron chi connectivity index (χ3n) is 4.49. The fourth-order valence-corrected chi connectivity index (χ4v) is 3.54. The van der Waals surface area contributed by atoms with Gasteiger partial charge in [0.05, 0.1) is 6.20 Å². The summed E-state index contributed by atoms with van der Waals surface area (Å²) in [6.07, 6.45) is 3.90. The quantitative estimate of drug-likeness (QED) is 0.910. The third-order valence-corrected chi connectivity index (χ3v) is 4.49. The second-order valence-corrected chi connectivity index (χ2v) is 5.96. The molecule has 5 heteroatoms. The van der Waals surface area contributed by atoms with E-state index in [1.165, 1.54) is 25.6 Å². The summed E-state index contributed by atoms with van der Waals surface area (Å²) in [5.41, 5.74) is 0.950. The van der Waals surface area contributed by atoms with Crippen molar-refractivity contribution in [2.75, 3.05) is 31.6 Å². The normalized spacial score (nSPS) is 26.9. The van der Waals surface area contributed by atoms with Crippen LogP contribution in [0.15, 0.2) is 12.3 Å². The Hall–Kier alpha value is -1.20. The van der Waals surface area contributed by atoms with Crippen molar-refractivity contribution < 1.29 is 4.39 Å². The molecule has 1 aromatic heterocycles. The molecule has 2 atom stereocenters. The number of hydrogen-bond acceptors (Lipinski definition) is 4. The number of piperazine rings is 1. The third kappa shape index (κ3) is 2.52. The van der Waals surface area contributed by atoms with Crippen molar-refractivity contribution in [3.05, 3.63) is 23.6 Å². The number of hydrogen-bond donors (Lipinski definition) is 1. The number of pyridine rings is 1. The van der Waals surface area contributed by atoms with Crippen LogP contribution in [-0.2, 0) is 6.54 Å². The molecule has 1 N–H and O–H groups in total.